The predicted octanol–water partition coefficient (Wildman–Crippen LogP) is 1.79. The molecule has 1 aromatic carbocycles. The van der Waals surface area contributed by atoms with Gasteiger partial charge in [0.1, 0.15) is 6.07 Å². The Morgan fingerprint density at radius 3 is 2.36 bits per heavy atom. The topological polar surface area (TPSA) is 149 Å². The van der Waals surface area contributed by atoms with Crippen LogP contribution in [0.5, 0.6) is 0 Å². The Morgan fingerprint density at radius 1 is 1.00 bits per heavy atom. The van der Waals surface area contributed by atoms with Crippen LogP contribution in [0.25, 0.3) is 10.2 Å². The molecule has 2 amide bonds. The van der Waals surface area contributed by atoms with Crippen molar-refractivity contribution < 1.29 is 23.8 Å². The van der Waals surface area contributed by atoms with Gasteiger partial charge in [-0.2, -0.15) is 5.26 Å². The van der Waals surface area contributed by atoms with Crippen LogP contribution >= 0.6 is 11.3 Å². The molecule has 0 unspecified atom stereocenters. The normalized spacial score (nSPS) is 10.8. The number of aromatic nitrogens is 1. The van der Waals surface area contributed by atoms with Crippen molar-refractivity contribution >= 4 is 39.1 Å². The highest BCUT2D eigenvalue weighted by molar-refractivity contribution is 7.19. The standard InChI is InChI=1S/C22H31N5O5S/c23-7-1-9-30-11-13-32-14-12-31-10-2-8-25-20(28)5-6-21(29)26-17-3-4-18-19(15-17)33-22(16-24)27-18/h3-4,15H,1-2,5-14,23H2,(H,25,28)(H,26,29). The van der Waals surface area contributed by atoms with Crippen LogP contribution in [0.1, 0.15) is 30.7 Å². The van der Waals surface area contributed by atoms with Gasteiger partial charge < -0.3 is 30.6 Å². The highest BCUT2D eigenvalue weighted by Gasteiger charge is 2.09. The lowest BCUT2D eigenvalue weighted by molar-refractivity contribution is -0.124. The van der Waals surface area contributed by atoms with Gasteiger partial charge in [-0.1, -0.05) is 0 Å². The van der Waals surface area contributed by atoms with E-state index in [1.165, 1.54) is 11.3 Å². The van der Waals surface area contributed by atoms with Crippen LogP contribution in [0.2, 0.25) is 0 Å². The molecule has 11 heteroatoms. The summed E-state index contributed by atoms with van der Waals surface area (Å²) < 4.78 is 17.0. The lowest BCUT2D eigenvalue weighted by Crippen LogP contribution is -2.26. The number of amides is 2. The minimum Gasteiger partial charge on any atom is -0.379 e. The van der Waals surface area contributed by atoms with E-state index in [2.05, 4.69) is 15.6 Å². The number of ether oxygens (including phenoxy) is 3. The molecule has 0 spiro atoms. The van der Waals surface area contributed by atoms with Crippen molar-refractivity contribution in [3.63, 3.8) is 0 Å². The lowest BCUT2D eigenvalue weighted by Gasteiger charge is -2.08. The average Bonchev–Trinajstić information content (AvgIpc) is 3.23. The second-order valence-corrected chi connectivity index (χ2v) is 8.08. The molecule has 10 nitrogen and oxygen atoms in total. The van der Waals surface area contributed by atoms with E-state index in [0.717, 1.165) is 11.1 Å². The van der Waals surface area contributed by atoms with Gasteiger partial charge in [0, 0.05) is 38.3 Å². The lowest BCUT2D eigenvalue weighted by atomic mass is 10.2. The Labute approximate surface area is 197 Å². The highest BCUT2D eigenvalue weighted by Crippen LogP contribution is 2.24. The molecule has 1 aromatic heterocycles. The summed E-state index contributed by atoms with van der Waals surface area (Å²) in [6.07, 6.45) is 1.72. The van der Waals surface area contributed by atoms with Gasteiger partial charge in [-0.25, -0.2) is 4.98 Å². The maximum absolute atomic E-state index is 12.1. The fraction of sp³-hybridized carbons (Fsp3) is 0.545. The minimum atomic E-state index is -0.248. The molecule has 0 bridgehead atoms. The third-order valence-corrected chi connectivity index (χ3v) is 5.29. The quantitative estimate of drug-likeness (QED) is 0.292. The molecule has 0 aliphatic heterocycles. The Kier molecular flexibility index (Phi) is 13.0. The summed E-state index contributed by atoms with van der Waals surface area (Å²) in [5.41, 5.74) is 6.70. The predicted molar refractivity (Wildman–Crippen MR) is 126 cm³/mol. The van der Waals surface area contributed by atoms with Crippen molar-refractivity contribution in [2.24, 2.45) is 5.73 Å². The first-order valence-corrected chi connectivity index (χ1v) is 11.7. The maximum Gasteiger partial charge on any atom is 0.224 e. The van der Waals surface area contributed by atoms with Gasteiger partial charge in [-0.15, -0.1) is 11.3 Å². The summed E-state index contributed by atoms with van der Waals surface area (Å²) in [5.74, 6) is -0.428. The maximum atomic E-state index is 12.1. The number of carbonyl (C=O) groups is 2. The van der Waals surface area contributed by atoms with E-state index in [9.17, 15) is 9.59 Å². The molecule has 0 atom stereocenters. The zero-order chi connectivity index (χ0) is 23.7. The number of nitrogens with one attached hydrogen (secondary N) is 2. The summed E-state index contributed by atoms with van der Waals surface area (Å²) >= 11 is 1.27. The van der Waals surface area contributed by atoms with Gasteiger partial charge in [0.15, 0.2) is 5.01 Å². The molecule has 0 aliphatic carbocycles. The van der Waals surface area contributed by atoms with E-state index in [-0.39, 0.29) is 24.7 Å². The number of nitriles is 1. The molecule has 0 fully saturated rings. The number of thiazole rings is 1. The number of hydrogen-bond acceptors (Lipinski definition) is 9. The SMILES string of the molecule is N#Cc1nc2ccc(NC(=O)CCC(=O)NCCCOCCOCCOCCCN)cc2s1. The number of rotatable bonds is 17. The van der Waals surface area contributed by atoms with Crippen LogP contribution in [0.15, 0.2) is 18.2 Å². The molecule has 4 N–H and O–H groups in total. The smallest absolute Gasteiger partial charge is 0.224 e. The zero-order valence-corrected chi connectivity index (χ0v) is 19.5. The number of benzene rings is 1. The van der Waals surface area contributed by atoms with Crippen LogP contribution in [0.3, 0.4) is 0 Å². The molecule has 0 saturated heterocycles. The number of anilines is 1. The van der Waals surface area contributed by atoms with Gasteiger partial charge in [0.2, 0.25) is 11.8 Å². The number of fused-ring (bicyclic) bond motifs is 1. The van der Waals surface area contributed by atoms with Crippen LogP contribution in [0.4, 0.5) is 5.69 Å². The second kappa shape index (κ2) is 16.1. The first-order valence-electron chi connectivity index (χ1n) is 10.9. The monoisotopic (exact) mass is 477 g/mol. The molecule has 0 radical (unpaired) electrons. The Bertz CT molecular complexity index is 914. The first kappa shape index (κ1) is 26.6. The third kappa shape index (κ3) is 11.2. The van der Waals surface area contributed by atoms with Crippen molar-refractivity contribution in [1.29, 1.82) is 5.26 Å². The molecule has 33 heavy (non-hydrogen) atoms. The van der Waals surface area contributed by atoms with Crippen LogP contribution in [-0.4, -0.2) is 69.5 Å². The summed E-state index contributed by atoms with van der Waals surface area (Å²) in [6, 6.07) is 7.26. The van der Waals surface area contributed by atoms with Crippen molar-refractivity contribution in [3.8, 4) is 6.07 Å². The number of carbonyl (C=O) groups excluding carboxylic acids is 2. The molecule has 180 valence electrons. The van der Waals surface area contributed by atoms with Crippen LogP contribution in [-0.2, 0) is 23.8 Å². The Morgan fingerprint density at radius 2 is 1.67 bits per heavy atom. The van der Waals surface area contributed by atoms with E-state index in [0.29, 0.717) is 75.4 Å². The summed E-state index contributed by atoms with van der Waals surface area (Å²) in [6.45, 7) is 4.35. The summed E-state index contributed by atoms with van der Waals surface area (Å²) in [7, 11) is 0. The molecular formula is C22H31N5O5S. The van der Waals surface area contributed by atoms with E-state index in [1.54, 1.807) is 18.2 Å². The van der Waals surface area contributed by atoms with Gasteiger partial charge >= 0.3 is 0 Å². The Balaban J connectivity index is 1.46. The van der Waals surface area contributed by atoms with Crippen molar-refractivity contribution in [2.75, 3.05) is 58.0 Å². The van der Waals surface area contributed by atoms with Crippen LogP contribution < -0.4 is 16.4 Å². The largest absolute Gasteiger partial charge is 0.379 e. The number of nitrogens with two attached hydrogens (primary N) is 1. The van der Waals surface area contributed by atoms with E-state index < -0.39 is 0 Å². The van der Waals surface area contributed by atoms with E-state index >= 15 is 0 Å². The Hall–Kier alpha value is -2.62. The molecular weight excluding hydrogens is 446 g/mol. The van der Waals surface area contributed by atoms with Crippen LogP contribution in [0, 0.1) is 11.3 Å². The van der Waals surface area contributed by atoms with Crippen molar-refractivity contribution in [3.05, 3.63) is 23.2 Å². The molecule has 2 aromatic rings. The van der Waals surface area contributed by atoms with Crippen molar-refractivity contribution in [2.45, 2.75) is 25.7 Å². The van der Waals surface area contributed by atoms with Gasteiger partial charge in [-0.05, 0) is 37.6 Å². The summed E-state index contributed by atoms with van der Waals surface area (Å²) in [4.78, 5) is 28.2. The first-order chi connectivity index (χ1) is 16.1. The molecule has 2 rings (SSSR count). The zero-order valence-electron chi connectivity index (χ0n) is 18.6. The van der Waals surface area contributed by atoms with Gasteiger partial charge in [-0.3, -0.25) is 9.59 Å². The third-order valence-electron chi connectivity index (χ3n) is 4.37. The van der Waals surface area contributed by atoms with Gasteiger partial charge in [0.05, 0.1) is 36.6 Å². The number of hydrogen-bond donors (Lipinski definition) is 3. The fourth-order valence-electron chi connectivity index (χ4n) is 2.72. The highest BCUT2D eigenvalue weighted by atomic mass is 32.1. The fourth-order valence-corrected chi connectivity index (χ4v) is 3.52. The van der Waals surface area contributed by atoms with Gasteiger partial charge in [0.25, 0.3) is 0 Å². The molecule has 1 heterocycles. The molecule has 0 saturated carbocycles. The molecule has 0 aliphatic rings. The summed E-state index contributed by atoms with van der Waals surface area (Å²) in [5, 5.41) is 14.8. The average molecular weight is 478 g/mol. The van der Waals surface area contributed by atoms with E-state index in [1.807, 2.05) is 6.07 Å². The minimum absolute atomic E-state index is 0.0831. The number of nitrogens with zero attached hydrogens (tertiary/aromatic N) is 2. The second-order valence-electron chi connectivity index (χ2n) is 7.04. The van der Waals surface area contributed by atoms with Crippen molar-refractivity contribution in [1.82, 2.24) is 10.3 Å². The van der Waals surface area contributed by atoms with E-state index in [4.69, 9.17) is 25.2 Å².